The summed E-state index contributed by atoms with van der Waals surface area (Å²) in [5.41, 5.74) is 2.76. The summed E-state index contributed by atoms with van der Waals surface area (Å²) in [5, 5.41) is 3.46. The van der Waals surface area contributed by atoms with Gasteiger partial charge in [-0.1, -0.05) is 36.4 Å². The van der Waals surface area contributed by atoms with E-state index in [1.54, 1.807) is 0 Å². The summed E-state index contributed by atoms with van der Waals surface area (Å²) in [5.74, 6) is 2.01. The SMILES string of the molecule is CN=C(NCCn1ccnc1C)N1CC=C(c2ccccc2)CC1. The third-order valence-corrected chi connectivity index (χ3v) is 4.42. The molecule has 1 aliphatic heterocycles. The predicted octanol–water partition coefficient (Wildman–Crippen LogP) is 2.56. The predicted molar refractivity (Wildman–Crippen MR) is 98.9 cm³/mol. The second-order valence-electron chi connectivity index (χ2n) is 5.93. The Balaban J connectivity index is 1.54. The maximum absolute atomic E-state index is 4.43. The van der Waals surface area contributed by atoms with Crippen LogP contribution in [0.25, 0.3) is 5.57 Å². The van der Waals surface area contributed by atoms with Crippen LogP contribution >= 0.6 is 0 Å². The van der Waals surface area contributed by atoms with E-state index in [0.29, 0.717) is 0 Å². The van der Waals surface area contributed by atoms with Crippen LogP contribution in [0.4, 0.5) is 0 Å². The van der Waals surface area contributed by atoms with E-state index in [1.165, 1.54) is 11.1 Å². The highest BCUT2D eigenvalue weighted by molar-refractivity contribution is 5.81. The quantitative estimate of drug-likeness (QED) is 0.695. The van der Waals surface area contributed by atoms with Crippen LogP contribution in [0.15, 0.2) is 53.8 Å². The van der Waals surface area contributed by atoms with Crippen molar-refractivity contribution in [2.45, 2.75) is 19.9 Å². The number of rotatable bonds is 4. The fraction of sp³-hybridized carbons (Fsp3) is 0.368. The zero-order valence-corrected chi connectivity index (χ0v) is 14.4. The monoisotopic (exact) mass is 323 g/mol. The summed E-state index contributed by atoms with van der Waals surface area (Å²) in [6, 6.07) is 10.6. The van der Waals surface area contributed by atoms with Gasteiger partial charge in [0, 0.05) is 45.6 Å². The molecule has 1 aromatic heterocycles. The van der Waals surface area contributed by atoms with Gasteiger partial charge in [0.05, 0.1) is 0 Å². The second-order valence-corrected chi connectivity index (χ2v) is 5.93. The molecule has 24 heavy (non-hydrogen) atoms. The first-order chi connectivity index (χ1) is 11.8. The van der Waals surface area contributed by atoms with E-state index in [9.17, 15) is 0 Å². The van der Waals surface area contributed by atoms with Gasteiger partial charge in [-0.3, -0.25) is 4.99 Å². The zero-order valence-electron chi connectivity index (χ0n) is 14.4. The van der Waals surface area contributed by atoms with Crippen LogP contribution in [0.1, 0.15) is 17.8 Å². The topological polar surface area (TPSA) is 45.5 Å². The van der Waals surface area contributed by atoms with Gasteiger partial charge in [-0.25, -0.2) is 4.98 Å². The van der Waals surface area contributed by atoms with Gasteiger partial charge >= 0.3 is 0 Å². The van der Waals surface area contributed by atoms with Gasteiger partial charge < -0.3 is 14.8 Å². The van der Waals surface area contributed by atoms with E-state index in [-0.39, 0.29) is 0 Å². The molecule has 0 bridgehead atoms. The molecule has 5 heteroatoms. The molecular weight excluding hydrogens is 298 g/mol. The number of nitrogens with one attached hydrogen (secondary N) is 1. The van der Waals surface area contributed by atoms with Crippen LogP contribution < -0.4 is 5.32 Å². The average Bonchev–Trinajstić information content (AvgIpc) is 3.05. The summed E-state index contributed by atoms with van der Waals surface area (Å²) in [6.45, 7) is 5.65. The van der Waals surface area contributed by atoms with Gasteiger partial charge in [0.1, 0.15) is 5.82 Å². The Kier molecular flexibility index (Phi) is 5.31. The number of hydrogen-bond donors (Lipinski definition) is 1. The number of benzene rings is 1. The molecule has 0 unspecified atom stereocenters. The van der Waals surface area contributed by atoms with Crippen molar-refractivity contribution in [3.05, 3.63) is 60.2 Å². The minimum absolute atomic E-state index is 0.843. The van der Waals surface area contributed by atoms with Crippen LogP contribution in [0, 0.1) is 6.92 Å². The number of nitrogens with zero attached hydrogens (tertiary/aromatic N) is 4. The number of aliphatic imine (C=N–C) groups is 1. The molecule has 0 saturated heterocycles. The van der Waals surface area contributed by atoms with Gasteiger partial charge in [-0.15, -0.1) is 0 Å². The van der Waals surface area contributed by atoms with Crippen LogP contribution in [-0.2, 0) is 6.54 Å². The van der Waals surface area contributed by atoms with Crippen LogP contribution in [0.2, 0.25) is 0 Å². The molecule has 0 fully saturated rings. The molecule has 5 nitrogen and oxygen atoms in total. The van der Waals surface area contributed by atoms with Crippen molar-refractivity contribution >= 4 is 11.5 Å². The Morgan fingerprint density at radius 2 is 2.12 bits per heavy atom. The van der Waals surface area contributed by atoms with E-state index < -0.39 is 0 Å². The van der Waals surface area contributed by atoms with Crippen molar-refractivity contribution in [1.29, 1.82) is 0 Å². The lowest BCUT2D eigenvalue weighted by Gasteiger charge is -2.30. The summed E-state index contributed by atoms with van der Waals surface area (Å²) in [7, 11) is 1.85. The van der Waals surface area contributed by atoms with Gasteiger partial charge in [-0.2, -0.15) is 0 Å². The van der Waals surface area contributed by atoms with Crippen molar-refractivity contribution < 1.29 is 0 Å². The number of aryl methyl sites for hydroxylation is 1. The fourth-order valence-electron chi connectivity index (χ4n) is 3.04. The molecule has 2 aromatic rings. The normalized spacial score (nSPS) is 15.3. The average molecular weight is 323 g/mol. The maximum atomic E-state index is 4.43. The minimum Gasteiger partial charge on any atom is -0.354 e. The summed E-state index contributed by atoms with van der Waals surface area (Å²) < 4.78 is 2.14. The summed E-state index contributed by atoms with van der Waals surface area (Å²) in [6.07, 6.45) is 7.21. The first-order valence-electron chi connectivity index (χ1n) is 8.45. The van der Waals surface area contributed by atoms with Gasteiger partial charge in [0.15, 0.2) is 5.96 Å². The molecule has 0 amide bonds. The van der Waals surface area contributed by atoms with E-state index in [1.807, 2.05) is 26.4 Å². The Hall–Kier alpha value is -2.56. The molecule has 3 rings (SSSR count). The molecule has 126 valence electrons. The van der Waals surface area contributed by atoms with E-state index in [2.05, 4.69) is 61.2 Å². The third kappa shape index (κ3) is 3.85. The lowest BCUT2D eigenvalue weighted by molar-refractivity contribution is 0.437. The number of aromatic nitrogens is 2. The highest BCUT2D eigenvalue weighted by Crippen LogP contribution is 2.21. The molecule has 0 spiro atoms. The number of hydrogen-bond acceptors (Lipinski definition) is 2. The van der Waals surface area contributed by atoms with Crippen molar-refractivity contribution in [1.82, 2.24) is 19.8 Å². The first kappa shape index (κ1) is 16.3. The molecular formula is C19H25N5. The Morgan fingerprint density at radius 1 is 1.29 bits per heavy atom. The summed E-state index contributed by atoms with van der Waals surface area (Å²) >= 11 is 0. The highest BCUT2D eigenvalue weighted by atomic mass is 15.3. The third-order valence-electron chi connectivity index (χ3n) is 4.42. The maximum Gasteiger partial charge on any atom is 0.194 e. The van der Waals surface area contributed by atoms with Crippen molar-refractivity contribution in [3.63, 3.8) is 0 Å². The van der Waals surface area contributed by atoms with Crippen LogP contribution in [0.5, 0.6) is 0 Å². The first-order valence-corrected chi connectivity index (χ1v) is 8.45. The van der Waals surface area contributed by atoms with Gasteiger partial charge in [0.2, 0.25) is 0 Å². The van der Waals surface area contributed by atoms with Crippen LogP contribution in [0.3, 0.4) is 0 Å². The second kappa shape index (κ2) is 7.81. The smallest absolute Gasteiger partial charge is 0.194 e. The van der Waals surface area contributed by atoms with Gasteiger partial charge in [-0.05, 0) is 24.5 Å². The van der Waals surface area contributed by atoms with E-state index >= 15 is 0 Å². The number of guanidine groups is 1. The highest BCUT2D eigenvalue weighted by Gasteiger charge is 2.15. The molecule has 0 aliphatic carbocycles. The molecule has 2 heterocycles. The van der Waals surface area contributed by atoms with E-state index in [4.69, 9.17) is 0 Å². The Morgan fingerprint density at radius 3 is 2.75 bits per heavy atom. The van der Waals surface area contributed by atoms with E-state index in [0.717, 1.165) is 44.4 Å². The lowest BCUT2D eigenvalue weighted by atomic mass is 10.00. The van der Waals surface area contributed by atoms with Crippen molar-refractivity contribution in [3.8, 4) is 0 Å². The Labute approximate surface area is 143 Å². The molecule has 0 atom stereocenters. The molecule has 1 N–H and O–H groups in total. The van der Waals surface area contributed by atoms with Gasteiger partial charge in [0.25, 0.3) is 0 Å². The lowest BCUT2D eigenvalue weighted by Crippen LogP contribution is -2.44. The zero-order chi connectivity index (χ0) is 16.8. The summed E-state index contributed by atoms with van der Waals surface area (Å²) in [4.78, 5) is 11.0. The molecule has 0 radical (unpaired) electrons. The molecule has 0 saturated carbocycles. The van der Waals surface area contributed by atoms with Crippen molar-refractivity contribution in [2.75, 3.05) is 26.7 Å². The molecule has 1 aromatic carbocycles. The minimum atomic E-state index is 0.843. The standard InChI is InChI=1S/C19H25N5/c1-16-21-10-14-23(16)15-11-22-19(20-2)24-12-8-18(9-13-24)17-6-4-3-5-7-17/h3-8,10,14H,9,11-13,15H2,1-2H3,(H,20,22). The Bertz CT molecular complexity index is 714. The molecule has 1 aliphatic rings. The largest absolute Gasteiger partial charge is 0.354 e. The van der Waals surface area contributed by atoms with Crippen LogP contribution in [-0.4, -0.2) is 47.1 Å². The number of imidazole rings is 1. The van der Waals surface area contributed by atoms with Crippen molar-refractivity contribution in [2.24, 2.45) is 4.99 Å². The fourth-order valence-corrected chi connectivity index (χ4v) is 3.04.